The number of nitrogens with one attached hydrogen (secondary N) is 2. The Morgan fingerprint density at radius 2 is 2.00 bits per heavy atom. The maximum absolute atomic E-state index is 13.2. The number of benzene rings is 1. The summed E-state index contributed by atoms with van der Waals surface area (Å²) >= 11 is 0. The molecule has 0 unspecified atom stereocenters. The van der Waals surface area contributed by atoms with Gasteiger partial charge in [-0.15, -0.1) is 0 Å². The van der Waals surface area contributed by atoms with Crippen LogP contribution in [0.15, 0.2) is 53.3 Å². The lowest BCUT2D eigenvalue weighted by molar-refractivity contribution is -0.134. The highest BCUT2D eigenvalue weighted by Gasteiger charge is 2.30. The fourth-order valence-corrected chi connectivity index (χ4v) is 3.81. The summed E-state index contributed by atoms with van der Waals surface area (Å²) < 4.78 is 5.20. The molecule has 2 aromatic heterocycles. The molecule has 6 nitrogen and oxygen atoms in total. The first-order valence-electron chi connectivity index (χ1n) is 9.80. The molecule has 6 heteroatoms. The zero-order valence-corrected chi connectivity index (χ0v) is 16.0. The number of hydrogen-bond donors (Lipinski definition) is 2. The standard InChI is InChI=1S/C22H25N3O3/c1-15-8-10-25(11-9-15)22(27)19(24-21(26)20-7-4-12-28-20)13-16-14-23-18-6-3-2-5-17(16)18/h2-7,12,14-15,19,23H,8-11,13H2,1H3,(H,24,26)/t19-/m1/s1. The largest absolute Gasteiger partial charge is 0.459 e. The molecule has 28 heavy (non-hydrogen) atoms. The first-order chi connectivity index (χ1) is 13.6. The molecular formula is C22H25N3O3. The summed E-state index contributed by atoms with van der Waals surface area (Å²) in [6.45, 7) is 3.69. The minimum absolute atomic E-state index is 0.0305. The lowest BCUT2D eigenvalue weighted by Crippen LogP contribution is -2.51. The summed E-state index contributed by atoms with van der Waals surface area (Å²) in [5.41, 5.74) is 2.03. The van der Waals surface area contributed by atoms with Crippen LogP contribution in [-0.4, -0.2) is 40.8 Å². The number of carbonyl (C=O) groups excluding carboxylic acids is 2. The number of rotatable bonds is 5. The van der Waals surface area contributed by atoms with E-state index in [0.717, 1.165) is 42.4 Å². The van der Waals surface area contributed by atoms with Gasteiger partial charge < -0.3 is 19.6 Å². The maximum Gasteiger partial charge on any atom is 0.287 e. The normalized spacial score (nSPS) is 16.2. The predicted octanol–water partition coefficient (Wildman–Crippen LogP) is 3.36. The smallest absolute Gasteiger partial charge is 0.287 e. The third-order valence-electron chi connectivity index (χ3n) is 5.54. The van der Waals surface area contributed by atoms with Crippen molar-refractivity contribution < 1.29 is 14.0 Å². The average Bonchev–Trinajstić information content (AvgIpc) is 3.38. The molecule has 0 aliphatic carbocycles. The summed E-state index contributed by atoms with van der Waals surface area (Å²) in [4.78, 5) is 30.9. The van der Waals surface area contributed by atoms with E-state index in [9.17, 15) is 9.59 Å². The lowest BCUT2D eigenvalue weighted by atomic mass is 9.97. The van der Waals surface area contributed by atoms with E-state index in [0.29, 0.717) is 12.3 Å². The van der Waals surface area contributed by atoms with Crippen molar-refractivity contribution in [2.45, 2.75) is 32.2 Å². The van der Waals surface area contributed by atoms with E-state index in [1.807, 2.05) is 35.4 Å². The number of piperidine rings is 1. The van der Waals surface area contributed by atoms with Crippen molar-refractivity contribution in [3.63, 3.8) is 0 Å². The molecule has 146 valence electrons. The molecule has 0 radical (unpaired) electrons. The van der Waals surface area contributed by atoms with Gasteiger partial charge in [0, 0.05) is 36.6 Å². The molecule has 1 aliphatic heterocycles. The zero-order valence-electron chi connectivity index (χ0n) is 16.0. The van der Waals surface area contributed by atoms with Crippen LogP contribution in [0.1, 0.15) is 35.9 Å². The number of fused-ring (bicyclic) bond motifs is 1. The molecular weight excluding hydrogens is 354 g/mol. The third kappa shape index (κ3) is 3.81. The zero-order chi connectivity index (χ0) is 19.5. The summed E-state index contributed by atoms with van der Waals surface area (Å²) in [6.07, 6.45) is 5.80. The Hall–Kier alpha value is -3.02. The topological polar surface area (TPSA) is 78.3 Å². The number of amides is 2. The molecule has 3 aromatic rings. The quantitative estimate of drug-likeness (QED) is 0.713. The van der Waals surface area contributed by atoms with Crippen molar-refractivity contribution in [1.82, 2.24) is 15.2 Å². The molecule has 2 N–H and O–H groups in total. The van der Waals surface area contributed by atoms with Crippen LogP contribution < -0.4 is 5.32 Å². The minimum Gasteiger partial charge on any atom is -0.459 e. The Balaban J connectivity index is 1.57. The van der Waals surface area contributed by atoms with Crippen LogP contribution in [0.4, 0.5) is 0 Å². The van der Waals surface area contributed by atoms with Gasteiger partial charge >= 0.3 is 0 Å². The van der Waals surface area contributed by atoms with Crippen LogP contribution in [0.2, 0.25) is 0 Å². The first kappa shape index (κ1) is 18.3. The number of nitrogens with zero attached hydrogens (tertiary/aromatic N) is 1. The van der Waals surface area contributed by atoms with Crippen molar-refractivity contribution in [1.29, 1.82) is 0 Å². The van der Waals surface area contributed by atoms with Gasteiger partial charge in [-0.25, -0.2) is 0 Å². The number of para-hydroxylation sites is 1. The Morgan fingerprint density at radius 3 is 2.75 bits per heavy atom. The highest BCUT2D eigenvalue weighted by molar-refractivity contribution is 5.96. The molecule has 1 fully saturated rings. The summed E-state index contributed by atoms with van der Waals surface area (Å²) in [7, 11) is 0. The van der Waals surface area contributed by atoms with Gasteiger partial charge in [0.05, 0.1) is 6.26 Å². The Labute approximate surface area is 163 Å². The minimum atomic E-state index is -0.634. The SMILES string of the molecule is CC1CCN(C(=O)[C@@H](Cc2c[nH]c3ccccc23)NC(=O)c2ccco2)CC1. The van der Waals surface area contributed by atoms with Crippen molar-refractivity contribution in [3.05, 3.63) is 60.2 Å². The molecule has 0 bridgehead atoms. The molecule has 1 saturated heterocycles. The monoisotopic (exact) mass is 379 g/mol. The Kier molecular flexibility index (Phi) is 5.19. The summed E-state index contributed by atoms with van der Waals surface area (Å²) in [5.74, 6) is 0.448. The number of carbonyl (C=O) groups is 2. The van der Waals surface area contributed by atoms with Gasteiger partial charge in [0.2, 0.25) is 5.91 Å². The van der Waals surface area contributed by atoms with Gasteiger partial charge in [-0.3, -0.25) is 9.59 Å². The fourth-order valence-electron chi connectivity index (χ4n) is 3.81. The van der Waals surface area contributed by atoms with Crippen molar-refractivity contribution in [2.75, 3.05) is 13.1 Å². The van der Waals surface area contributed by atoms with E-state index < -0.39 is 6.04 Å². The lowest BCUT2D eigenvalue weighted by Gasteiger charge is -2.33. The van der Waals surface area contributed by atoms with Gasteiger partial charge in [0.15, 0.2) is 5.76 Å². The van der Waals surface area contributed by atoms with Crippen LogP contribution in [-0.2, 0) is 11.2 Å². The maximum atomic E-state index is 13.2. The van der Waals surface area contributed by atoms with Gasteiger partial charge in [0.1, 0.15) is 6.04 Å². The van der Waals surface area contributed by atoms with E-state index in [-0.39, 0.29) is 17.6 Å². The van der Waals surface area contributed by atoms with Gasteiger partial charge in [-0.05, 0) is 42.5 Å². The highest BCUT2D eigenvalue weighted by atomic mass is 16.3. The van der Waals surface area contributed by atoms with E-state index >= 15 is 0 Å². The molecule has 1 aliphatic rings. The first-order valence-corrected chi connectivity index (χ1v) is 9.80. The Morgan fingerprint density at radius 1 is 1.21 bits per heavy atom. The van der Waals surface area contributed by atoms with E-state index in [1.54, 1.807) is 12.1 Å². The fraction of sp³-hybridized carbons (Fsp3) is 0.364. The second-order valence-electron chi connectivity index (χ2n) is 7.57. The number of furan rings is 1. The predicted molar refractivity (Wildman–Crippen MR) is 107 cm³/mol. The van der Waals surface area contributed by atoms with Crippen LogP contribution in [0.3, 0.4) is 0 Å². The third-order valence-corrected chi connectivity index (χ3v) is 5.54. The summed E-state index contributed by atoms with van der Waals surface area (Å²) in [5, 5.41) is 3.96. The van der Waals surface area contributed by atoms with Gasteiger partial charge in [0.25, 0.3) is 5.91 Å². The number of aromatic amines is 1. The van der Waals surface area contributed by atoms with Crippen molar-refractivity contribution in [2.24, 2.45) is 5.92 Å². The van der Waals surface area contributed by atoms with Crippen LogP contribution in [0.25, 0.3) is 10.9 Å². The van der Waals surface area contributed by atoms with Crippen LogP contribution in [0, 0.1) is 5.92 Å². The molecule has 4 rings (SSSR count). The molecule has 1 atom stereocenters. The number of H-pyrrole nitrogens is 1. The number of aromatic nitrogens is 1. The van der Waals surface area contributed by atoms with Crippen LogP contribution in [0.5, 0.6) is 0 Å². The molecule has 0 saturated carbocycles. The van der Waals surface area contributed by atoms with E-state index in [1.165, 1.54) is 6.26 Å². The number of likely N-dealkylation sites (tertiary alicyclic amines) is 1. The van der Waals surface area contributed by atoms with Gasteiger partial charge in [-0.1, -0.05) is 25.1 Å². The molecule has 1 aromatic carbocycles. The van der Waals surface area contributed by atoms with E-state index in [2.05, 4.69) is 17.2 Å². The van der Waals surface area contributed by atoms with Crippen LogP contribution >= 0.6 is 0 Å². The molecule has 3 heterocycles. The van der Waals surface area contributed by atoms with Crippen molar-refractivity contribution in [3.8, 4) is 0 Å². The molecule has 0 spiro atoms. The molecule has 2 amide bonds. The average molecular weight is 379 g/mol. The Bertz CT molecular complexity index is 952. The summed E-state index contributed by atoms with van der Waals surface area (Å²) in [6, 6.07) is 10.6. The highest BCUT2D eigenvalue weighted by Crippen LogP contribution is 2.21. The second-order valence-corrected chi connectivity index (χ2v) is 7.57. The number of hydrogen-bond acceptors (Lipinski definition) is 3. The van der Waals surface area contributed by atoms with Crippen molar-refractivity contribution >= 4 is 22.7 Å². The second kappa shape index (κ2) is 7.92. The van der Waals surface area contributed by atoms with E-state index in [4.69, 9.17) is 4.42 Å². The van der Waals surface area contributed by atoms with Gasteiger partial charge in [-0.2, -0.15) is 0 Å².